The van der Waals surface area contributed by atoms with Crippen molar-refractivity contribution in [2.75, 3.05) is 22.4 Å². The summed E-state index contributed by atoms with van der Waals surface area (Å²) >= 11 is 1.56. The van der Waals surface area contributed by atoms with Gasteiger partial charge in [0.25, 0.3) is 0 Å². The minimum Gasteiger partial charge on any atom is -0.323 e. The number of benzene rings is 3. The minimum atomic E-state index is -3.65. The van der Waals surface area contributed by atoms with Crippen molar-refractivity contribution in [3.8, 4) is 0 Å². The zero-order valence-electron chi connectivity index (χ0n) is 21.7. The molecule has 0 spiro atoms. The number of hydrogen-bond acceptors (Lipinski definition) is 4. The van der Waals surface area contributed by atoms with Gasteiger partial charge in [0.05, 0.1) is 17.6 Å². The predicted octanol–water partition coefficient (Wildman–Crippen LogP) is 6.71. The quantitative estimate of drug-likeness (QED) is 0.341. The highest BCUT2D eigenvalue weighted by molar-refractivity contribution is 7.99. The third kappa shape index (κ3) is 5.23. The van der Waals surface area contributed by atoms with Crippen molar-refractivity contribution < 1.29 is 13.2 Å². The Labute approximate surface area is 230 Å². The first kappa shape index (κ1) is 25.5. The summed E-state index contributed by atoms with van der Waals surface area (Å²) in [5.41, 5.74) is 2.78. The van der Waals surface area contributed by atoms with Crippen LogP contribution in [0.5, 0.6) is 0 Å². The highest BCUT2D eigenvalue weighted by Gasteiger charge is 2.51. The second-order valence-corrected chi connectivity index (χ2v) is 14.5. The number of carbonyl (C=O) groups is 1. The van der Waals surface area contributed by atoms with E-state index in [-0.39, 0.29) is 17.9 Å². The zero-order chi connectivity index (χ0) is 26.3. The van der Waals surface area contributed by atoms with Gasteiger partial charge in [-0.25, -0.2) is 8.42 Å². The fraction of sp³-hybridized carbons (Fsp3) is 0.387. The van der Waals surface area contributed by atoms with Crippen molar-refractivity contribution in [3.05, 3.63) is 84.4 Å². The third-order valence-electron chi connectivity index (χ3n) is 8.63. The molecule has 7 rings (SSSR count). The lowest BCUT2D eigenvalue weighted by atomic mass is 9.48. The second kappa shape index (κ2) is 10.1. The first-order valence-electron chi connectivity index (χ1n) is 13.5. The maximum absolute atomic E-state index is 13.1. The van der Waals surface area contributed by atoms with Gasteiger partial charge >= 0.3 is 0 Å². The van der Waals surface area contributed by atoms with Gasteiger partial charge in [-0.3, -0.25) is 9.10 Å². The van der Waals surface area contributed by atoms with Crippen molar-refractivity contribution in [1.82, 2.24) is 0 Å². The Morgan fingerprint density at radius 3 is 2.05 bits per heavy atom. The molecule has 3 aromatic rings. The maximum Gasteiger partial charge on any atom is 0.245 e. The van der Waals surface area contributed by atoms with E-state index in [1.165, 1.54) is 48.4 Å². The average Bonchev–Trinajstić information content (AvgIpc) is 2.88. The van der Waals surface area contributed by atoms with Gasteiger partial charge in [0.15, 0.2) is 0 Å². The fourth-order valence-corrected chi connectivity index (χ4v) is 9.22. The molecule has 4 bridgehead atoms. The van der Waals surface area contributed by atoms with Crippen LogP contribution in [0.25, 0.3) is 0 Å². The topological polar surface area (TPSA) is 66.5 Å². The number of nitrogens with one attached hydrogen (secondary N) is 1. The van der Waals surface area contributed by atoms with Gasteiger partial charge in [-0.2, -0.15) is 0 Å². The molecule has 1 amide bonds. The van der Waals surface area contributed by atoms with Crippen LogP contribution in [0.15, 0.2) is 88.7 Å². The van der Waals surface area contributed by atoms with Crippen molar-refractivity contribution >= 4 is 39.1 Å². The number of nitrogens with zero attached hydrogens (tertiary/aromatic N) is 1. The third-order valence-corrected chi connectivity index (χ3v) is 10.8. The number of anilines is 2. The van der Waals surface area contributed by atoms with Gasteiger partial charge in [-0.1, -0.05) is 54.2 Å². The molecule has 4 fully saturated rings. The van der Waals surface area contributed by atoms with E-state index in [1.807, 2.05) is 66.7 Å². The van der Waals surface area contributed by atoms with E-state index >= 15 is 0 Å². The standard InChI is InChI=1S/C31H34N2O3S2/c1-38(35,36)33(21-30(34)32-28-9-5-6-10-29(28)37-27-7-3-2-4-8-27)26-13-11-25(12-14-26)31-18-22-15-23(19-31)17-24(16-22)20-31/h2-14,22-24H,15-21H2,1H3,(H,32,34). The van der Waals surface area contributed by atoms with Crippen molar-refractivity contribution in [2.24, 2.45) is 17.8 Å². The van der Waals surface area contributed by atoms with Gasteiger partial charge in [0, 0.05) is 9.79 Å². The molecule has 1 N–H and O–H groups in total. The summed E-state index contributed by atoms with van der Waals surface area (Å²) in [5, 5.41) is 2.94. The van der Waals surface area contributed by atoms with Crippen LogP contribution in [0.2, 0.25) is 0 Å². The Kier molecular flexibility index (Phi) is 6.77. The van der Waals surface area contributed by atoms with E-state index in [0.29, 0.717) is 11.4 Å². The summed E-state index contributed by atoms with van der Waals surface area (Å²) in [4.78, 5) is 15.1. The Morgan fingerprint density at radius 1 is 0.868 bits per heavy atom. The zero-order valence-corrected chi connectivity index (χ0v) is 23.3. The van der Waals surface area contributed by atoms with Gasteiger partial charge in [0.1, 0.15) is 6.54 Å². The molecule has 4 aliphatic carbocycles. The van der Waals surface area contributed by atoms with Crippen LogP contribution in [0, 0.1) is 17.8 Å². The van der Waals surface area contributed by atoms with Crippen LogP contribution in [-0.4, -0.2) is 27.1 Å². The number of sulfonamides is 1. The summed E-state index contributed by atoms with van der Waals surface area (Å²) < 4.78 is 26.8. The van der Waals surface area contributed by atoms with Gasteiger partial charge in [-0.15, -0.1) is 0 Å². The molecule has 0 heterocycles. The number of rotatable bonds is 8. The molecule has 3 aromatic carbocycles. The molecular formula is C31H34N2O3S2. The molecule has 38 heavy (non-hydrogen) atoms. The number of hydrogen-bond donors (Lipinski definition) is 1. The normalized spacial score (nSPS) is 25.8. The summed E-state index contributed by atoms with van der Waals surface area (Å²) in [5.74, 6) is 2.17. The summed E-state index contributed by atoms with van der Waals surface area (Å²) in [7, 11) is -3.65. The van der Waals surface area contributed by atoms with Crippen molar-refractivity contribution in [1.29, 1.82) is 0 Å². The van der Waals surface area contributed by atoms with Crippen LogP contribution < -0.4 is 9.62 Å². The monoisotopic (exact) mass is 546 g/mol. The first-order valence-corrected chi connectivity index (χ1v) is 16.1. The SMILES string of the molecule is CS(=O)(=O)N(CC(=O)Nc1ccccc1Sc1ccccc1)c1ccc(C23CC4CC(CC(C4)C2)C3)cc1. The van der Waals surface area contributed by atoms with Crippen molar-refractivity contribution in [3.63, 3.8) is 0 Å². The van der Waals surface area contributed by atoms with Crippen LogP contribution in [0.4, 0.5) is 11.4 Å². The molecule has 0 aliphatic heterocycles. The Hall–Kier alpha value is -2.77. The lowest BCUT2D eigenvalue weighted by Gasteiger charge is -2.57. The Bertz CT molecular complexity index is 1390. The second-order valence-electron chi connectivity index (χ2n) is 11.5. The highest BCUT2D eigenvalue weighted by atomic mass is 32.2. The maximum atomic E-state index is 13.1. The first-order chi connectivity index (χ1) is 18.3. The number of amides is 1. The van der Waals surface area contributed by atoms with Crippen LogP contribution in [0.1, 0.15) is 44.1 Å². The lowest BCUT2D eigenvalue weighted by molar-refractivity contribution is -0.114. The molecule has 0 saturated heterocycles. The molecule has 5 nitrogen and oxygen atoms in total. The van der Waals surface area contributed by atoms with E-state index in [1.54, 1.807) is 11.8 Å². The largest absolute Gasteiger partial charge is 0.323 e. The summed E-state index contributed by atoms with van der Waals surface area (Å²) in [6.45, 7) is -0.278. The molecule has 4 saturated carbocycles. The lowest BCUT2D eigenvalue weighted by Crippen LogP contribution is -2.48. The molecule has 0 radical (unpaired) electrons. The highest BCUT2D eigenvalue weighted by Crippen LogP contribution is 2.60. The predicted molar refractivity (Wildman–Crippen MR) is 154 cm³/mol. The molecule has 0 atom stereocenters. The molecule has 4 aliphatic rings. The summed E-state index contributed by atoms with van der Waals surface area (Å²) in [6, 6.07) is 25.5. The molecule has 0 aromatic heterocycles. The minimum absolute atomic E-state index is 0.251. The molecular weight excluding hydrogens is 512 g/mol. The van der Waals surface area contributed by atoms with E-state index < -0.39 is 10.0 Å². The van der Waals surface area contributed by atoms with Gasteiger partial charge < -0.3 is 5.32 Å². The number of carbonyl (C=O) groups excluding carboxylic acids is 1. The number of para-hydroxylation sites is 1. The van der Waals surface area contributed by atoms with E-state index in [2.05, 4.69) is 17.4 Å². The van der Waals surface area contributed by atoms with Crippen molar-refractivity contribution in [2.45, 2.75) is 53.7 Å². The van der Waals surface area contributed by atoms with Crippen LogP contribution in [0.3, 0.4) is 0 Å². The smallest absolute Gasteiger partial charge is 0.245 e. The Balaban J connectivity index is 1.19. The molecule has 0 unspecified atom stereocenters. The molecule has 198 valence electrons. The van der Waals surface area contributed by atoms with Crippen LogP contribution in [-0.2, 0) is 20.2 Å². The van der Waals surface area contributed by atoms with Crippen LogP contribution >= 0.6 is 11.8 Å². The summed E-state index contributed by atoms with van der Waals surface area (Å²) in [6.07, 6.45) is 9.11. The van der Waals surface area contributed by atoms with E-state index in [4.69, 9.17) is 0 Å². The molecule has 7 heteroatoms. The van der Waals surface area contributed by atoms with E-state index in [0.717, 1.165) is 33.8 Å². The van der Waals surface area contributed by atoms with Gasteiger partial charge in [-0.05, 0) is 104 Å². The fourth-order valence-electron chi connectivity index (χ4n) is 7.44. The average molecular weight is 547 g/mol. The Morgan fingerprint density at radius 2 is 1.45 bits per heavy atom. The van der Waals surface area contributed by atoms with E-state index in [9.17, 15) is 13.2 Å². The van der Waals surface area contributed by atoms with Gasteiger partial charge in [0.2, 0.25) is 15.9 Å².